The number of fused-ring (bicyclic) bond motifs is 9. The highest BCUT2D eigenvalue weighted by molar-refractivity contribution is 5.93. The fourth-order valence-corrected chi connectivity index (χ4v) is 17.4. The molecule has 0 saturated heterocycles. The second kappa shape index (κ2) is 19.8. The Balaban J connectivity index is 0.873. The summed E-state index contributed by atoms with van der Waals surface area (Å²) in [6.45, 7) is 12.9. The van der Waals surface area contributed by atoms with Crippen molar-refractivity contribution in [3.8, 4) is 11.8 Å². The second-order valence-electron chi connectivity index (χ2n) is 24.3. The SMILES string of the molecule is CC#C[C@@]1(O)CCC2C3CCC4=CC(=O)CCC4=C3[C@H](c3ccc(N(C)CCO[C@H]4CC[C@@]5(C)[C@@H](C4)C[C@@H](OC(=O)CCCCN)[C@@H]4[C@@H]5C[C@H](O)[C@]5(C)[C@@H]([C@H](C)CCC(=O)O)CC[C@@H]45)cc3)C[C@@]21C. The highest BCUT2D eigenvalue weighted by Gasteiger charge is 2.67. The molecule has 0 radical (unpaired) electrons. The molecule has 6 saturated carbocycles. The number of likely N-dealkylation sites (N-methyl/N-ethyl adjacent to an activating group) is 1. The van der Waals surface area contributed by atoms with Crippen LogP contribution in [0.15, 0.2) is 47.1 Å². The minimum Gasteiger partial charge on any atom is -0.481 e. The summed E-state index contributed by atoms with van der Waals surface area (Å²) in [6.07, 6.45) is 16.2. The minimum absolute atomic E-state index is 0.00194. The number of carboxylic acid groups (broad SMARTS) is 1. The summed E-state index contributed by atoms with van der Waals surface area (Å²) in [5, 5.41) is 33.9. The number of hydrogen-bond donors (Lipinski definition) is 4. The zero-order chi connectivity index (χ0) is 49.0. The zero-order valence-corrected chi connectivity index (χ0v) is 42.8. The van der Waals surface area contributed by atoms with Gasteiger partial charge in [0.15, 0.2) is 5.78 Å². The van der Waals surface area contributed by atoms with Gasteiger partial charge in [-0.25, -0.2) is 0 Å². The third-order valence-electron chi connectivity index (χ3n) is 21.1. The predicted octanol–water partition coefficient (Wildman–Crippen LogP) is 9.94. The van der Waals surface area contributed by atoms with Gasteiger partial charge in [0.05, 0.1) is 18.8 Å². The summed E-state index contributed by atoms with van der Waals surface area (Å²) in [5.41, 5.74) is 10.7. The van der Waals surface area contributed by atoms with Crippen LogP contribution in [0.25, 0.3) is 0 Å². The number of esters is 1. The number of unbranched alkanes of at least 4 members (excludes halogenated alkanes) is 1. The fraction of sp³-hybridized carbons (Fsp3) is 0.746. The van der Waals surface area contributed by atoms with Crippen LogP contribution in [-0.4, -0.2) is 83.7 Å². The maximum atomic E-state index is 13.5. The summed E-state index contributed by atoms with van der Waals surface area (Å²) in [7, 11) is 2.14. The highest BCUT2D eigenvalue weighted by atomic mass is 16.5. The molecule has 8 aliphatic carbocycles. The molecule has 9 rings (SSSR count). The Morgan fingerprint density at radius 3 is 2.46 bits per heavy atom. The van der Waals surface area contributed by atoms with Crippen molar-refractivity contribution in [2.75, 3.05) is 31.6 Å². The summed E-state index contributed by atoms with van der Waals surface area (Å²) < 4.78 is 13.4. The predicted molar refractivity (Wildman–Crippen MR) is 269 cm³/mol. The van der Waals surface area contributed by atoms with E-state index in [-0.39, 0.29) is 82.1 Å². The van der Waals surface area contributed by atoms with Crippen molar-refractivity contribution >= 4 is 23.4 Å². The Labute approximate surface area is 413 Å². The first kappa shape index (κ1) is 50.5. The number of ketones is 1. The van der Waals surface area contributed by atoms with Crippen molar-refractivity contribution in [2.24, 2.45) is 69.3 Å². The third kappa shape index (κ3) is 8.98. The number of hydrogen-bond acceptors (Lipinski definition) is 9. The summed E-state index contributed by atoms with van der Waals surface area (Å²) in [5.74, 6) is 7.98. The zero-order valence-electron chi connectivity index (χ0n) is 42.8. The van der Waals surface area contributed by atoms with Crippen LogP contribution in [0.4, 0.5) is 5.69 Å². The number of ether oxygens (including phenoxy) is 2. The van der Waals surface area contributed by atoms with E-state index in [0.29, 0.717) is 63.0 Å². The van der Waals surface area contributed by atoms with Gasteiger partial charge in [0.25, 0.3) is 0 Å². The van der Waals surface area contributed by atoms with Crippen LogP contribution in [0.2, 0.25) is 0 Å². The van der Waals surface area contributed by atoms with Gasteiger partial charge in [-0.1, -0.05) is 51.3 Å². The van der Waals surface area contributed by atoms with Crippen LogP contribution in [0.3, 0.4) is 0 Å². The van der Waals surface area contributed by atoms with Gasteiger partial charge in [-0.2, -0.15) is 0 Å². The number of anilines is 1. The Morgan fingerprint density at radius 2 is 1.72 bits per heavy atom. The van der Waals surface area contributed by atoms with Gasteiger partial charge < -0.3 is 35.4 Å². The first-order valence-corrected chi connectivity index (χ1v) is 27.3. The molecular weight excluding hydrogens is 865 g/mol. The van der Waals surface area contributed by atoms with E-state index in [4.69, 9.17) is 15.2 Å². The molecule has 16 atom stereocenters. The molecule has 2 unspecified atom stereocenters. The molecule has 0 aromatic heterocycles. The normalized spacial score (nSPS) is 40.4. The van der Waals surface area contributed by atoms with E-state index in [2.05, 4.69) is 75.7 Å². The van der Waals surface area contributed by atoms with Gasteiger partial charge in [0, 0.05) is 55.8 Å². The van der Waals surface area contributed by atoms with Gasteiger partial charge in [-0.3, -0.25) is 14.4 Å². The number of nitrogens with zero attached hydrogens (tertiary/aromatic N) is 1. The molecular formula is C59H84N2O8. The minimum atomic E-state index is -1.000. The Kier molecular flexibility index (Phi) is 14.5. The van der Waals surface area contributed by atoms with Gasteiger partial charge in [0.2, 0.25) is 0 Å². The summed E-state index contributed by atoms with van der Waals surface area (Å²) >= 11 is 0. The number of carboxylic acids is 1. The highest BCUT2D eigenvalue weighted by Crippen LogP contribution is 2.70. The first-order chi connectivity index (χ1) is 32.9. The molecule has 0 amide bonds. The van der Waals surface area contributed by atoms with Crippen LogP contribution in [-0.2, 0) is 23.9 Å². The molecule has 10 nitrogen and oxygen atoms in total. The van der Waals surface area contributed by atoms with Gasteiger partial charge in [0.1, 0.15) is 11.7 Å². The number of rotatable bonds is 15. The van der Waals surface area contributed by atoms with E-state index in [1.807, 2.05) is 13.0 Å². The Hall–Kier alpha value is -3.49. The van der Waals surface area contributed by atoms with E-state index in [9.17, 15) is 29.7 Å². The number of aliphatic hydroxyl groups excluding tert-OH is 1. The average Bonchev–Trinajstić information content (AvgIpc) is 3.81. The maximum absolute atomic E-state index is 13.5. The van der Waals surface area contributed by atoms with Crippen molar-refractivity contribution in [1.82, 2.24) is 0 Å². The molecule has 6 fully saturated rings. The smallest absolute Gasteiger partial charge is 0.306 e. The lowest BCUT2D eigenvalue weighted by atomic mass is 9.43. The molecule has 10 heteroatoms. The lowest BCUT2D eigenvalue weighted by Crippen LogP contribution is -2.63. The molecule has 0 heterocycles. The van der Waals surface area contributed by atoms with Crippen LogP contribution in [0, 0.1) is 75.4 Å². The lowest BCUT2D eigenvalue weighted by Gasteiger charge is -2.64. The summed E-state index contributed by atoms with van der Waals surface area (Å²) in [6, 6.07) is 9.09. The second-order valence-corrected chi connectivity index (χ2v) is 24.3. The van der Waals surface area contributed by atoms with E-state index >= 15 is 0 Å². The lowest BCUT2D eigenvalue weighted by molar-refractivity contribution is -0.219. The van der Waals surface area contributed by atoms with Crippen molar-refractivity contribution in [2.45, 2.75) is 186 Å². The molecule has 0 bridgehead atoms. The van der Waals surface area contributed by atoms with E-state index in [1.165, 1.54) is 22.3 Å². The first-order valence-electron chi connectivity index (χ1n) is 27.3. The number of benzene rings is 1. The molecule has 0 aliphatic heterocycles. The van der Waals surface area contributed by atoms with Crippen molar-refractivity contribution in [3.05, 3.63) is 52.6 Å². The molecule has 1 aromatic carbocycles. The molecule has 5 N–H and O–H groups in total. The van der Waals surface area contributed by atoms with Crippen LogP contribution in [0.1, 0.15) is 168 Å². The van der Waals surface area contributed by atoms with Crippen molar-refractivity contribution in [1.29, 1.82) is 0 Å². The van der Waals surface area contributed by atoms with Gasteiger partial charge in [-0.15, -0.1) is 5.92 Å². The Bertz CT molecular complexity index is 2230. The third-order valence-corrected chi connectivity index (χ3v) is 21.1. The number of nitrogens with two attached hydrogens (primary N) is 1. The summed E-state index contributed by atoms with van der Waals surface area (Å²) in [4.78, 5) is 40.0. The standard InChI is InChI=1S/C59H84N2O8/c1-7-25-59(67)27-24-47-44-18-14-38-31-41(62)17-19-43(38)54(44)45(35-57(47,59)4)37-12-15-40(16-13-37)61(6)29-30-68-42-23-26-56(3)39(32-42)33-50(69-53(66)10-8-9-28-60)55-48-21-20-46(36(2)11-22-52(64)65)58(48,5)51(63)34-49(55)56/h12-13,15-16,31,36,39,42,44-51,55,63,67H,8-11,14,17-24,26-30,32-35,60H2,1-6H3,(H,64,65)/t36-,39+,42+,44?,45+,46-,47?,48+,49+,50-,51+,55+,56+,57+,58-,59-/m1/s1. The van der Waals surface area contributed by atoms with E-state index in [1.54, 1.807) is 0 Å². The molecule has 8 aliphatic rings. The van der Waals surface area contributed by atoms with E-state index < -0.39 is 17.7 Å². The van der Waals surface area contributed by atoms with Crippen LogP contribution < -0.4 is 10.6 Å². The molecule has 378 valence electrons. The molecule has 69 heavy (non-hydrogen) atoms. The number of carbonyl (C=O) groups is 3. The van der Waals surface area contributed by atoms with Crippen LogP contribution in [0.5, 0.6) is 0 Å². The van der Waals surface area contributed by atoms with Crippen molar-refractivity contribution < 1.29 is 39.2 Å². The number of aliphatic hydroxyl groups is 2. The number of carbonyl (C=O) groups excluding carboxylic acids is 2. The molecule has 1 aromatic rings. The molecule has 0 spiro atoms. The van der Waals surface area contributed by atoms with Gasteiger partial charge >= 0.3 is 11.9 Å². The monoisotopic (exact) mass is 949 g/mol. The van der Waals surface area contributed by atoms with Crippen LogP contribution >= 0.6 is 0 Å². The van der Waals surface area contributed by atoms with Crippen molar-refractivity contribution in [3.63, 3.8) is 0 Å². The van der Waals surface area contributed by atoms with Gasteiger partial charge in [-0.05, 0) is 203 Å². The maximum Gasteiger partial charge on any atom is 0.306 e. The fourth-order valence-electron chi connectivity index (χ4n) is 17.4. The average molecular weight is 949 g/mol. The number of aliphatic carboxylic acids is 1. The topological polar surface area (TPSA) is 160 Å². The quantitative estimate of drug-likeness (QED) is 0.0758. The largest absolute Gasteiger partial charge is 0.481 e. The number of allylic oxidation sites excluding steroid dienone is 4. The van der Waals surface area contributed by atoms with E-state index in [0.717, 1.165) is 95.7 Å². The Morgan fingerprint density at radius 1 is 0.942 bits per heavy atom.